The van der Waals surface area contributed by atoms with Crippen molar-refractivity contribution >= 4 is 16.9 Å². The molecule has 0 atom stereocenters. The summed E-state index contributed by atoms with van der Waals surface area (Å²) in [4.78, 5) is 13.6. The Labute approximate surface area is 174 Å². The molecule has 2 N–H and O–H groups in total. The van der Waals surface area contributed by atoms with Gasteiger partial charge in [-0.15, -0.1) is 0 Å². The van der Waals surface area contributed by atoms with Crippen LogP contribution in [0.3, 0.4) is 0 Å². The zero-order chi connectivity index (χ0) is 20.1. The normalized spacial score (nSPS) is 24.1. The maximum atomic E-state index is 10.9. The minimum Gasteiger partial charge on any atom is -0.464 e. The van der Waals surface area contributed by atoms with Gasteiger partial charge in [-0.25, -0.2) is 0 Å². The lowest BCUT2D eigenvalue weighted by Gasteiger charge is -2.34. The van der Waals surface area contributed by atoms with Crippen molar-refractivity contribution in [2.24, 2.45) is 17.6 Å². The number of nitrogens with two attached hydrogens (primary N) is 1. The molecule has 4 nitrogen and oxygen atoms in total. The number of rotatable bonds is 8. The highest BCUT2D eigenvalue weighted by atomic mass is 16.3. The van der Waals surface area contributed by atoms with Crippen molar-refractivity contribution in [3.05, 3.63) is 36.1 Å². The second kappa shape index (κ2) is 9.80. The molecule has 1 saturated carbocycles. The lowest BCUT2D eigenvalue weighted by Crippen LogP contribution is -2.34. The lowest BCUT2D eigenvalue weighted by atomic mass is 9.78. The van der Waals surface area contributed by atoms with E-state index in [4.69, 9.17) is 10.2 Å². The third-order valence-electron chi connectivity index (χ3n) is 7.39. The molecule has 1 aromatic carbocycles. The quantitative estimate of drug-likeness (QED) is 0.644. The fourth-order valence-electron chi connectivity index (χ4n) is 5.52. The SMILES string of the molecule is NC(=O)CCCC1CCC(CCN2CCC(c3coc4ccccc34)CC2)CC1. The summed E-state index contributed by atoms with van der Waals surface area (Å²) >= 11 is 0. The van der Waals surface area contributed by atoms with Gasteiger partial charge in [0.25, 0.3) is 0 Å². The number of hydrogen-bond donors (Lipinski definition) is 1. The fraction of sp³-hybridized carbons (Fsp3) is 0.640. The molecule has 1 aromatic heterocycles. The van der Waals surface area contributed by atoms with E-state index in [2.05, 4.69) is 23.1 Å². The van der Waals surface area contributed by atoms with Crippen LogP contribution in [0.4, 0.5) is 0 Å². The van der Waals surface area contributed by atoms with E-state index in [9.17, 15) is 4.79 Å². The zero-order valence-corrected chi connectivity index (χ0v) is 17.7. The molecule has 0 bridgehead atoms. The number of furan rings is 1. The van der Waals surface area contributed by atoms with E-state index in [1.807, 2.05) is 12.3 Å². The van der Waals surface area contributed by atoms with Crippen molar-refractivity contribution in [2.45, 2.75) is 70.1 Å². The fourth-order valence-corrected chi connectivity index (χ4v) is 5.52. The standard InChI is InChI=1S/C25H36N2O2/c26-25(28)7-3-4-19-8-10-20(11-9-19)12-15-27-16-13-21(14-17-27)23-18-29-24-6-2-1-5-22(23)24/h1-2,5-6,18-21H,3-4,7-17H2,(H2,26,28). The molecule has 2 aliphatic rings. The van der Waals surface area contributed by atoms with Gasteiger partial charge >= 0.3 is 0 Å². The van der Waals surface area contributed by atoms with E-state index < -0.39 is 0 Å². The molecule has 4 rings (SSSR count). The van der Waals surface area contributed by atoms with Gasteiger partial charge in [-0.05, 0) is 75.6 Å². The van der Waals surface area contributed by atoms with Gasteiger partial charge in [0.15, 0.2) is 0 Å². The van der Waals surface area contributed by atoms with Gasteiger partial charge in [-0.1, -0.05) is 43.9 Å². The number of benzene rings is 1. The van der Waals surface area contributed by atoms with Crippen LogP contribution in [-0.2, 0) is 4.79 Å². The minimum absolute atomic E-state index is 0.150. The first kappa shape index (κ1) is 20.5. The summed E-state index contributed by atoms with van der Waals surface area (Å²) in [7, 11) is 0. The van der Waals surface area contributed by atoms with Crippen LogP contribution in [0, 0.1) is 11.8 Å². The molecule has 29 heavy (non-hydrogen) atoms. The molecule has 4 heteroatoms. The highest BCUT2D eigenvalue weighted by molar-refractivity contribution is 5.81. The van der Waals surface area contributed by atoms with Gasteiger partial charge in [0.1, 0.15) is 5.58 Å². The van der Waals surface area contributed by atoms with E-state index >= 15 is 0 Å². The van der Waals surface area contributed by atoms with E-state index in [0.717, 1.165) is 23.8 Å². The van der Waals surface area contributed by atoms with Gasteiger partial charge in [0.05, 0.1) is 6.26 Å². The van der Waals surface area contributed by atoms with Crippen molar-refractivity contribution in [1.82, 2.24) is 4.90 Å². The number of hydrogen-bond acceptors (Lipinski definition) is 3. The third kappa shape index (κ3) is 5.42. The van der Waals surface area contributed by atoms with Crippen LogP contribution in [-0.4, -0.2) is 30.4 Å². The van der Waals surface area contributed by atoms with Crippen molar-refractivity contribution in [2.75, 3.05) is 19.6 Å². The van der Waals surface area contributed by atoms with Gasteiger partial charge in [-0.3, -0.25) is 4.79 Å². The average Bonchev–Trinajstić information content (AvgIpc) is 3.17. The molecule has 2 heterocycles. The first-order valence-electron chi connectivity index (χ1n) is 11.7. The summed E-state index contributed by atoms with van der Waals surface area (Å²) in [5.74, 6) is 2.22. The Morgan fingerprint density at radius 1 is 1.00 bits per heavy atom. The van der Waals surface area contributed by atoms with Crippen LogP contribution in [0.5, 0.6) is 0 Å². The molecule has 1 saturated heterocycles. The molecule has 0 radical (unpaired) electrons. The summed E-state index contributed by atoms with van der Waals surface area (Å²) in [6.45, 7) is 3.69. The molecule has 0 spiro atoms. The average molecular weight is 397 g/mol. The zero-order valence-electron chi connectivity index (χ0n) is 17.7. The Balaban J connectivity index is 1.15. The molecule has 1 amide bonds. The van der Waals surface area contributed by atoms with Crippen LogP contribution in [0.25, 0.3) is 11.0 Å². The number of likely N-dealkylation sites (tertiary alicyclic amines) is 1. The van der Waals surface area contributed by atoms with Crippen LogP contribution >= 0.6 is 0 Å². The first-order valence-corrected chi connectivity index (χ1v) is 11.7. The highest BCUT2D eigenvalue weighted by Crippen LogP contribution is 2.36. The monoisotopic (exact) mass is 396 g/mol. The predicted molar refractivity (Wildman–Crippen MR) is 118 cm³/mol. The Bertz CT molecular complexity index is 783. The predicted octanol–water partition coefficient (Wildman–Crippen LogP) is 5.46. The molecule has 1 aliphatic carbocycles. The van der Waals surface area contributed by atoms with Crippen molar-refractivity contribution < 1.29 is 9.21 Å². The number of fused-ring (bicyclic) bond motifs is 1. The Morgan fingerprint density at radius 3 is 2.41 bits per heavy atom. The summed E-state index contributed by atoms with van der Waals surface area (Å²) in [5, 5.41) is 1.30. The van der Waals surface area contributed by atoms with E-state index in [-0.39, 0.29) is 5.91 Å². The number of para-hydroxylation sites is 1. The van der Waals surface area contributed by atoms with Gasteiger partial charge in [0.2, 0.25) is 5.91 Å². The lowest BCUT2D eigenvalue weighted by molar-refractivity contribution is -0.118. The second-order valence-corrected chi connectivity index (χ2v) is 9.34. The summed E-state index contributed by atoms with van der Waals surface area (Å²) in [6, 6.07) is 8.43. The maximum Gasteiger partial charge on any atom is 0.217 e. The molecule has 2 aromatic rings. The first-order chi connectivity index (χ1) is 14.2. The molecule has 0 unspecified atom stereocenters. The van der Waals surface area contributed by atoms with Crippen LogP contribution in [0.2, 0.25) is 0 Å². The summed E-state index contributed by atoms with van der Waals surface area (Å²) in [5.41, 5.74) is 7.69. The number of carbonyl (C=O) groups is 1. The van der Waals surface area contributed by atoms with Crippen LogP contribution in [0.1, 0.15) is 75.7 Å². The number of amides is 1. The Morgan fingerprint density at radius 2 is 1.69 bits per heavy atom. The number of piperidine rings is 1. The Kier molecular flexibility index (Phi) is 6.91. The maximum absolute atomic E-state index is 10.9. The molecule has 2 fully saturated rings. The minimum atomic E-state index is -0.150. The topological polar surface area (TPSA) is 59.5 Å². The van der Waals surface area contributed by atoms with E-state index in [1.165, 1.54) is 82.0 Å². The molecular formula is C25H36N2O2. The third-order valence-corrected chi connectivity index (χ3v) is 7.39. The largest absolute Gasteiger partial charge is 0.464 e. The second-order valence-electron chi connectivity index (χ2n) is 9.34. The van der Waals surface area contributed by atoms with Gasteiger partial charge < -0.3 is 15.1 Å². The number of primary amides is 1. The molecular weight excluding hydrogens is 360 g/mol. The Hall–Kier alpha value is -1.81. The van der Waals surface area contributed by atoms with E-state index in [0.29, 0.717) is 12.3 Å². The number of carbonyl (C=O) groups excluding carboxylic acids is 1. The summed E-state index contributed by atoms with van der Waals surface area (Å²) < 4.78 is 5.76. The highest BCUT2D eigenvalue weighted by Gasteiger charge is 2.25. The van der Waals surface area contributed by atoms with Crippen LogP contribution < -0.4 is 5.73 Å². The van der Waals surface area contributed by atoms with Gasteiger partial charge in [0, 0.05) is 17.4 Å². The van der Waals surface area contributed by atoms with Crippen molar-refractivity contribution in [3.63, 3.8) is 0 Å². The molecule has 158 valence electrons. The molecule has 1 aliphatic heterocycles. The smallest absolute Gasteiger partial charge is 0.217 e. The van der Waals surface area contributed by atoms with Crippen molar-refractivity contribution in [1.29, 1.82) is 0 Å². The van der Waals surface area contributed by atoms with Crippen LogP contribution in [0.15, 0.2) is 34.9 Å². The van der Waals surface area contributed by atoms with Crippen molar-refractivity contribution in [3.8, 4) is 0 Å². The number of nitrogens with zero attached hydrogens (tertiary/aromatic N) is 1. The van der Waals surface area contributed by atoms with Gasteiger partial charge in [-0.2, -0.15) is 0 Å². The van der Waals surface area contributed by atoms with E-state index in [1.54, 1.807) is 0 Å². The summed E-state index contributed by atoms with van der Waals surface area (Å²) in [6.07, 6.45) is 14.0.